The molecule has 2 rings (SSSR count). The number of furan rings is 1. The second-order valence-corrected chi connectivity index (χ2v) is 3.71. The van der Waals surface area contributed by atoms with Crippen LogP contribution in [0.5, 0.6) is 0 Å². The molecule has 0 spiro atoms. The quantitative estimate of drug-likeness (QED) is 0.898. The number of carbonyl (C=O) groups excluding carboxylic acids is 1. The van der Waals surface area contributed by atoms with E-state index in [-0.39, 0.29) is 16.8 Å². The number of nitrogens with zero attached hydrogens (tertiary/aromatic N) is 2. The Hall–Kier alpha value is -1.88. The standard InChI is InChI=1S/C11H10ClN3O2/c12-10-4-3-9(14-15-10)11(16)13-6-5-8-2-1-7-17-8/h1-4,7H,5-6H2,(H,13,16). The van der Waals surface area contributed by atoms with Gasteiger partial charge in [-0.2, -0.15) is 0 Å². The third kappa shape index (κ3) is 3.29. The Morgan fingerprint density at radius 3 is 2.88 bits per heavy atom. The van der Waals surface area contributed by atoms with Gasteiger partial charge in [0.25, 0.3) is 5.91 Å². The summed E-state index contributed by atoms with van der Waals surface area (Å²) in [7, 11) is 0. The van der Waals surface area contributed by atoms with E-state index in [1.54, 1.807) is 6.26 Å². The fourth-order valence-electron chi connectivity index (χ4n) is 1.28. The summed E-state index contributed by atoms with van der Waals surface area (Å²) < 4.78 is 5.14. The van der Waals surface area contributed by atoms with Crippen LogP contribution >= 0.6 is 11.6 Å². The lowest BCUT2D eigenvalue weighted by molar-refractivity contribution is 0.0947. The van der Waals surface area contributed by atoms with Gasteiger partial charge in [0, 0.05) is 13.0 Å². The van der Waals surface area contributed by atoms with Crippen LogP contribution in [0.3, 0.4) is 0 Å². The minimum Gasteiger partial charge on any atom is -0.469 e. The largest absolute Gasteiger partial charge is 0.469 e. The summed E-state index contributed by atoms with van der Waals surface area (Å²) in [5, 5.41) is 10.2. The maximum atomic E-state index is 11.6. The van der Waals surface area contributed by atoms with Crippen LogP contribution < -0.4 is 5.32 Å². The molecule has 0 bridgehead atoms. The summed E-state index contributed by atoms with van der Waals surface area (Å²) in [5.41, 5.74) is 0.244. The molecule has 0 aliphatic carbocycles. The van der Waals surface area contributed by atoms with Gasteiger partial charge >= 0.3 is 0 Å². The van der Waals surface area contributed by atoms with E-state index in [9.17, 15) is 4.79 Å². The van der Waals surface area contributed by atoms with Gasteiger partial charge in [-0.1, -0.05) is 11.6 Å². The van der Waals surface area contributed by atoms with Crippen molar-refractivity contribution in [3.63, 3.8) is 0 Å². The van der Waals surface area contributed by atoms with E-state index in [1.165, 1.54) is 12.1 Å². The van der Waals surface area contributed by atoms with E-state index in [2.05, 4.69) is 15.5 Å². The highest BCUT2D eigenvalue weighted by molar-refractivity contribution is 6.29. The van der Waals surface area contributed by atoms with Crippen LogP contribution in [0.4, 0.5) is 0 Å². The fraction of sp³-hybridized carbons (Fsp3) is 0.182. The number of nitrogens with one attached hydrogen (secondary N) is 1. The third-order valence-corrected chi connectivity index (χ3v) is 2.30. The van der Waals surface area contributed by atoms with Gasteiger partial charge in [-0.3, -0.25) is 4.79 Å². The van der Waals surface area contributed by atoms with E-state index in [0.29, 0.717) is 13.0 Å². The molecule has 0 radical (unpaired) electrons. The Kier molecular flexibility index (Phi) is 3.72. The minimum absolute atomic E-state index is 0.244. The number of rotatable bonds is 4. The van der Waals surface area contributed by atoms with Gasteiger partial charge in [0.05, 0.1) is 6.26 Å². The van der Waals surface area contributed by atoms with Crippen LogP contribution in [-0.2, 0) is 6.42 Å². The van der Waals surface area contributed by atoms with Crippen LogP contribution in [0.15, 0.2) is 34.9 Å². The number of hydrogen-bond acceptors (Lipinski definition) is 4. The molecule has 1 N–H and O–H groups in total. The van der Waals surface area contributed by atoms with Crippen molar-refractivity contribution < 1.29 is 9.21 Å². The topological polar surface area (TPSA) is 68.0 Å². The molecule has 0 aliphatic heterocycles. The molecular formula is C11H10ClN3O2. The minimum atomic E-state index is -0.277. The number of carbonyl (C=O) groups is 1. The van der Waals surface area contributed by atoms with Crippen molar-refractivity contribution in [3.8, 4) is 0 Å². The highest BCUT2D eigenvalue weighted by Gasteiger charge is 2.07. The van der Waals surface area contributed by atoms with Crippen LogP contribution in [0.1, 0.15) is 16.2 Å². The maximum absolute atomic E-state index is 11.6. The lowest BCUT2D eigenvalue weighted by Crippen LogP contribution is -2.26. The summed E-state index contributed by atoms with van der Waals surface area (Å²) in [6.45, 7) is 0.483. The van der Waals surface area contributed by atoms with E-state index in [1.807, 2.05) is 12.1 Å². The van der Waals surface area contributed by atoms with Crippen molar-refractivity contribution in [3.05, 3.63) is 47.1 Å². The Labute approximate surface area is 103 Å². The molecule has 5 nitrogen and oxygen atoms in total. The summed E-state index contributed by atoms with van der Waals surface area (Å²) in [5.74, 6) is 0.549. The van der Waals surface area contributed by atoms with Crippen LogP contribution in [0.25, 0.3) is 0 Å². The molecule has 2 aromatic rings. The average Bonchev–Trinajstić information content (AvgIpc) is 2.83. The Bertz CT molecular complexity index is 482. The van der Waals surface area contributed by atoms with Gasteiger partial charge in [-0.15, -0.1) is 10.2 Å². The van der Waals surface area contributed by atoms with Crippen molar-refractivity contribution >= 4 is 17.5 Å². The molecule has 88 valence electrons. The van der Waals surface area contributed by atoms with Crippen molar-refractivity contribution in [1.82, 2.24) is 15.5 Å². The molecule has 0 unspecified atom stereocenters. The summed E-state index contributed by atoms with van der Waals surface area (Å²) in [4.78, 5) is 11.6. The molecule has 2 aromatic heterocycles. The zero-order chi connectivity index (χ0) is 12.1. The first-order valence-electron chi connectivity index (χ1n) is 5.05. The predicted molar refractivity (Wildman–Crippen MR) is 61.8 cm³/mol. The van der Waals surface area contributed by atoms with Crippen molar-refractivity contribution in [1.29, 1.82) is 0 Å². The highest BCUT2D eigenvalue weighted by Crippen LogP contribution is 2.02. The third-order valence-electron chi connectivity index (χ3n) is 2.10. The predicted octanol–water partition coefficient (Wildman–Crippen LogP) is 1.70. The normalized spacial score (nSPS) is 10.2. The number of halogens is 1. The first-order valence-corrected chi connectivity index (χ1v) is 5.43. The first-order chi connectivity index (χ1) is 8.25. The second kappa shape index (κ2) is 5.45. The Balaban J connectivity index is 1.83. The lowest BCUT2D eigenvalue weighted by Gasteiger charge is -2.02. The van der Waals surface area contributed by atoms with Crippen molar-refractivity contribution in [2.24, 2.45) is 0 Å². The van der Waals surface area contributed by atoms with Crippen molar-refractivity contribution in [2.75, 3.05) is 6.54 Å². The van der Waals surface area contributed by atoms with Gasteiger partial charge in [-0.05, 0) is 24.3 Å². The zero-order valence-corrected chi connectivity index (χ0v) is 9.65. The molecule has 0 fully saturated rings. The zero-order valence-electron chi connectivity index (χ0n) is 8.89. The van der Waals surface area contributed by atoms with Crippen LogP contribution in [0, 0.1) is 0 Å². The van der Waals surface area contributed by atoms with Gasteiger partial charge < -0.3 is 9.73 Å². The smallest absolute Gasteiger partial charge is 0.271 e. The van der Waals surface area contributed by atoms with Gasteiger partial charge in [0.1, 0.15) is 5.76 Å². The second-order valence-electron chi connectivity index (χ2n) is 3.33. The molecule has 0 aliphatic rings. The molecule has 0 saturated heterocycles. The van der Waals surface area contributed by atoms with Gasteiger partial charge in [0.15, 0.2) is 10.8 Å². The molecule has 2 heterocycles. The molecule has 0 aromatic carbocycles. The first kappa shape index (κ1) is 11.6. The van der Waals surface area contributed by atoms with Crippen molar-refractivity contribution in [2.45, 2.75) is 6.42 Å². The van der Waals surface area contributed by atoms with Crippen LogP contribution in [0.2, 0.25) is 5.15 Å². The number of aromatic nitrogens is 2. The van der Waals surface area contributed by atoms with E-state index in [4.69, 9.17) is 16.0 Å². The summed E-state index contributed by atoms with van der Waals surface area (Å²) in [6, 6.07) is 6.71. The Morgan fingerprint density at radius 2 is 2.24 bits per heavy atom. The van der Waals surface area contributed by atoms with Gasteiger partial charge in [0.2, 0.25) is 0 Å². The fourth-order valence-corrected chi connectivity index (χ4v) is 1.38. The Morgan fingerprint density at radius 1 is 1.35 bits per heavy atom. The number of hydrogen-bond donors (Lipinski definition) is 1. The molecule has 0 atom stereocenters. The lowest BCUT2D eigenvalue weighted by atomic mass is 10.3. The maximum Gasteiger partial charge on any atom is 0.271 e. The molecule has 6 heteroatoms. The molecule has 0 saturated carbocycles. The SMILES string of the molecule is O=C(NCCc1ccco1)c1ccc(Cl)nn1. The van der Waals surface area contributed by atoms with E-state index >= 15 is 0 Å². The summed E-state index contributed by atoms with van der Waals surface area (Å²) in [6.07, 6.45) is 2.24. The van der Waals surface area contributed by atoms with Gasteiger partial charge in [-0.25, -0.2) is 0 Å². The molecular weight excluding hydrogens is 242 g/mol. The highest BCUT2D eigenvalue weighted by atomic mass is 35.5. The average molecular weight is 252 g/mol. The van der Waals surface area contributed by atoms with Crippen LogP contribution in [-0.4, -0.2) is 22.6 Å². The molecule has 17 heavy (non-hydrogen) atoms. The summed E-state index contributed by atoms with van der Waals surface area (Å²) >= 11 is 5.57. The number of amides is 1. The molecule has 1 amide bonds. The van der Waals surface area contributed by atoms with E-state index < -0.39 is 0 Å². The van der Waals surface area contributed by atoms with E-state index in [0.717, 1.165) is 5.76 Å². The monoisotopic (exact) mass is 251 g/mol.